The van der Waals surface area contributed by atoms with E-state index in [1.807, 2.05) is 6.07 Å². The molecular weight excluding hydrogens is 299 g/mol. The number of amides is 1. The Hall–Kier alpha value is -3.24. The molecule has 0 fully saturated rings. The summed E-state index contributed by atoms with van der Waals surface area (Å²) < 4.78 is 14.4. The number of nitrogens with two attached hydrogens (primary N) is 1. The molecule has 7 heteroatoms. The van der Waals surface area contributed by atoms with Crippen molar-refractivity contribution in [2.45, 2.75) is 6.10 Å². The van der Waals surface area contributed by atoms with Gasteiger partial charge in [0.1, 0.15) is 23.6 Å². The third-order valence-electron chi connectivity index (χ3n) is 3.58. The Morgan fingerprint density at radius 2 is 2.22 bits per heavy atom. The molecule has 1 atom stereocenters. The smallest absolute Gasteiger partial charge is 0.251 e. The minimum atomic E-state index is -1.33. The SMILES string of the molecule is N#Cc1cnc2[nH]cc(C(O)c3cccc(C(N)=O)c3F)c2c1. The van der Waals surface area contributed by atoms with E-state index in [1.165, 1.54) is 30.6 Å². The quantitative estimate of drug-likeness (QED) is 0.683. The van der Waals surface area contributed by atoms with Crippen LogP contribution in [0.5, 0.6) is 0 Å². The molecule has 2 aromatic heterocycles. The Labute approximate surface area is 130 Å². The Balaban J connectivity index is 2.15. The van der Waals surface area contributed by atoms with E-state index in [9.17, 15) is 14.3 Å². The van der Waals surface area contributed by atoms with E-state index in [-0.39, 0.29) is 11.1 Å². The van der Waals surface area contributed by atoms with Gasteiger partial charge >= 0.3 is 0 Å². The first kappa shape index (κ1) is 14.7. The van der Waals surface area contributed by atoms with E-state index in [2.05, 4.69) is 9.97 Å². The standard InChI is InChI=1S/C16H11FN4O2/c17-13-9(2-1-3-10(13)15(19)23)14(22)12-7-21-16-11(12)4-8(5-18)6-20-16/h1-4,6-7,14,22H,(H2,19,23)(H,20,21). The predicted octanol–water partition coefficient (Wildman–Crippen LogP) is 1.75. The number of primary amides is 1. The molecule has 1 aromatic carbocycles. The van der Waals surface area contributed by atoms with Gasteiger partial charge in [-0.05, 0) is 12.1 Å². The van der Waals surface area contributed by atoms with Crippen LogP contribution in [0.15, 0.2) is 36.7 Å². The summed E-state index contributed by atoms with van der Waals surface area (Å²) in [7, 11) is 0. The van der Waals surface area contributed by atoms with Gasteiger partial charge in [0.15, 0.2) is 0 Å². The number of halogens is 1. The van der Waals surface area contributed by atoms with E-state index >= 15 is 0 Å². The van der Waals surface area contributed by atoms with E-state index in [0.717, 1.165) is 0 Å². The molecule has 0 aliphatic rings. The highest BCUT2D eigenvalue weighted by atomic mass is 19.1. The predicted molar refractivity (Wildman–Crippen MR) is 79.8 cm³/mol. The van der Waals surface area contributed by atoms with E-state index in [1.54, 1.807) is 6.07 Å². The number of aliphatic hydroxyl groups excluding tert-OH is 1. The number of carbonyl (C=O) groups is 1. The summed E-state index contributed by atoms with van der Waals surface area (Å²) in [6.07, 6.45) is 1.54. The van der Waals surface area contributed by atoms with Crippen molar-refractivity contribution in [1.82, 2.24) is 9.97 Å². The first-order chi connectivity index (χ1) is 11.0. The second-order valence-corrected chi connectivity index (χ2v) is 4.95. The summed E-state index contributed by atoms with van der Waals surface area (Å²) in [5.41, 5.74) is 5.88. The normalized spacial score (nSPS) is 12.0. The van der Waals surface area contributed by atoms with Gasteiger partial charge in [0.2, 0.25) is 0 Å². The number of pyridine rings is 1. The largest absolute Gasteiger partial charge is 0.383 e. The molecule has 0 spiro atoms. The highest BCUT2D eigenvalue weighted by Crippen LogP contribution is 2.30. The number of rotatable bonds is 3. The maximum atomic E-state index is 14.4. The van der Waals surface area contributed by atoms with Crippen LogP contribution in [0, 0.1) is 17.1 Å². The third-order valence-corrected chi connectivity index (χ3v) is 3.58. The van der Waals surface area contributed by atoms with Crippen molar-refractivity contribution >= 4 is 16.9 Å². The lowest BCUT2D eigenvalue weighted by Crippen LogP contribution is -2.15. The number of carbonyl (C=O) groups excluding carboxylic acids is 1. The molecule has 0 bridgehead atoms. The molecule has 0 saturated carbocycles. The monoisotopic (exact) mass is 310 g/mol. The minimum absolute atomic E-state index is 0.0791. The zero-order chi connectivity index (χ0) is 16.6. The molecule has 1 unspecified atom stereocenters. The average Bonchev–Trinajstić information content (AvgIpc) is 2.97. The number of hydrogen-bond acceptors (Lipinski definition) is 4. The van der Waals surface area contributed by atoms with Gasteiger partial charge in [0, 0.05) is 28.9 Å². The number of nitrogens with zero attached hydrogens (tertiary/aromatic N) is 2. The zero-order valence-corrected chi connectivity index (χ0v) is 11.7. The number of aromatic amines is 1. The van der Waals surface area contributed by atoms with Crippen molar-refractivity contribution in [2.24, 2.45) is 5.73 Å². The van der Waals surface area contributed by atoms with E-state index in [0.29, 0.717) is 22.2 Å². The number of aliphatic hydroxyl groups is 1. The maximum absolute atomic E-state index is 14.4. The van der Waals surface area contributed by atoms with Crippen LogP contribution in [-0.4, -0.2) is 21.0 Å². The molecule has 0 saturated heterocycles. The molecule has 0 aliphatic heterocycles. The summed E-state index contributed by atoms with van der Waals surface area (Å²) in [5.74, 6) is -1.78. The number of hydrogen-bond donors (Lipinski definition) is 3. The third kappa shape index (κ3) is 2.41. The molecular formula is C16H11FN4O2. The van der Waals surface area contributed by atoms with E-state index < -0.39 is 17.8 Å². The fourth-order valence-corrected chi connectivity index (χ4v) is 2.43. The topological polar surface area (TPSA) is 116 Å². The molecule has 3 rings (SSSR count). The molecule has 2 heterocycles. The van der Waals surface area contributed by atoms with Crippen LogP contribution in [0.25, 0.3) is 11.0 Å². The van der Waals surface area contributed by atoms with Crippen LogP contribution in [0.3, 0.4) is 0 Å². The van der Waals surface area contributed by atoms with Crippen molar-refractivity contribution in [3.63, 3.8) is 0 Å². The van der Waals surface area contributed by atoms with Crippen LogP contribution in [0.1, 0.15) is 33.2 Å². The Morgan fingerprint density at radius 1 is 1.43 bits per heavy atom. The van der Waals surface area contributed by atoms with Crippen molar-refractivity contribution in [2.75, 3.05) is 0 Å². The first-order valence-electron chi connectivity index (χ1n) is 6.66. The molecule has 0 aliphatic carbocycles. The van der Waals surface area contributed by atoms with Crippen molar-refractivity contribution < 1.29 is 14.3 Å². The van der Waals surface area contributed by atoms with Crippen molar-refractivity contribution in [3.05, 3.63) is 64.7 Å². The minimum Gasteiger partial charge on any atom is -0.383 e. The van der Waals surface area contributed by atoms with E-state index in [4.69, 9.17) is 11.0 Å². The molecule has 0 radical (unpaired) electrons. The summed E-state index contributed by atoms with van der Waals surface area (Å²) in [4.78, 5) is 18.1. The number of H-pyrrole nitrogens is 1. The average molecular weight is 310 g/mol. The molecule has 23 heavy (non-hydrogen) atoms. The Kier molecular flexibility index (Phi) is 3.52. The lowest BCUT2D eigenvalue weighted by molar-refractivity contribution is 0.0995. The number of benzene rings is 1. The van der Waals surface area contributed by atoms with Crippen LogP contribution < -0.4 is 5.73 Å². The van der Waals surface area contributed by atoms with Gasteiger partial charge in [-0.15, -0.1) is 0 Å². The lowest BCUT2D eigenvalue weighted by Gasteiger charge is -2.13. The fourth-order valence-electron chi connectivity index (χ4n) is 2.43. The lowest BCUT2D eigenvalue weighted by atomic mass is 9.98. The Morgan fingerprint density at radius 3 is 2.91 bits per heavy atom. The number of aromatic nitrogens is 2. The Bertz CT molecular complexity index is 958. The second kappa shape index (κ2) is 5.51. The zero-order valence-electron chi connectivity index (χ0n) is 11.7. The summed E-state index contributed by atoms with van der Waals surface area (Å²) in [6.45, 7) is 0. The molecule has 6 nitrogen and oxygen atoms in total. The van der Waals surface area contributed by atoms with Gasteiger partial charge < -0.3 is 15.8 Å². The van der Waals surface area contributed by atoms with Gasteiger partial charge in [-0.25, -0.2) is 9.37 Å². The van der Waals surface area contributed by atoms with Gasteiger partial charge in [-0.1, -0.05) is 12.1 Å². The number of nitrogens with one attached hydrogen (secondary N) is 1. The molecule has 4 N–H and O–H groups in total. The van der Waals surface area contributed by atoms with Crippen LogP contribution in [-0.2, 0) is 0 Å². The highest BCUT2D eigenvalue weighted by molar-refractivity contribution is 5.93. The van der Waals surface area contributed by atoms with Crippen LogP contribution in [0.2, 0.25) is 0 Å². The summed E-state index contributed by atoms with van der Waals surface area (Å²) in [5, 5.41) is 20.0. The van der Waals surface area contributed by atoms with Crippen LogP contribution in [0.4, 0.5) is 4.39 Å². The molecule has 3 aromatic rings. The maximum Gasteiger partial charge on any atom is 0.251 e. The number of nitriles is 1. The van der Waals surface area contributed by atoms with Crippen molar-refractivity contribution in [3.8, 4) is 6.07 Å². The fraction of sp³-hybridized carbons (Fsp3) is 0.0625. The van der Waals surface area contributed by atoms with Gasteiger partial charge in [0.05, 0.1) is 11.1 Å². The molecule has 114 valence electrons. The first-order valence-corrected chi connectivity index (χ1v) is 6.66. The van der Waals surface area contributed by atoms with Crippen LogP contribution >= 0.6 is 0 Å². The number of fused-ring (bicyclic) bond motifs is 1. The van der Waals surface area contributed by atoms with Gasteiger partial charge in [-0.3, -0.25) is 4.79 Å². The summed E-state index contributed by atoms with van der Waals surface area (Å²) >= 11 is 0. The molecule has 1 amide bonds. The second-order valence-electron chi connectivity index (χ2n) is 4.95. The van der Waals surface area contributed by atoms with Gasteiger partial charge in [0.25, 0.3) is 5.91 Å². The van der Waals surface area contributed by atoms with Gasteiger partial charge in [-0.2, -0.15) is 5.26 Å². The summed E-state index contributed by atoms with van der Waals surface area (Å²) in [6, 6.07) is 7.56. The highest BCUT2D eigenvalue weighted by Gasteiger charge is 2.22. The van der Waals surface area contributed by atoms with Crippen molar-refractivity contribution in [1.29, 1.82) is 5.26 Å².